The lowest BCUT2D eigenvalue weighted by molar-refractivity contribution is 0.169. The first-order valence-electron chi connectivity index (χ1n) is 8.25. The highest BCUT2D eigenvalue weighted by molar-refractivity contribution is 6.68. The molecule has 0 radical (unpaired) electrons. The molecule has 1 aliphatic rings. The second kappa shape index (κ2) is 8.19. The molecular formula is C20H19Cl3O5. The Morgan fingerprint density at radius 1 is 0.821 bits per heavy atom. The number of fused-ring (bicyclic) bond motifs is 1. The second-order valence-corrected chi connectivity index (χ2v) is 8.32. The van der Waals surface area contributed by atoms with E-state index in [1.54, 1.807) is 46.6 Å². The molecule has 0 spiro atoms. The van der Waals surface area contributed by atoms with Crippen molar-refractivity contribution < 1.29 is 23.7 Å². The van der Waals surface area contributed by atoms with Gasteiger partial charge in [-0.1, -0.05) is 34.8 Å². The van der Waals surface area contributed by atoms with Gasteiger partial charge in [-0.05, 0) is 35.9 Å². The van der Waals surface area contributed by atoms with Crippen LogP contribution in [0.3, 0.4) is 0 Å². The molecule has 0 aliphatic carbocycles. The number of halogens is 3. The van der Waals surface area contributed by atoms with Crippen LogP contribution in [0.2, 0.25) is 0 Å². The number of methoxy groups -OCH3 is 4. The smallest absolute Gasteiger partial charge is 0.231 e. The minimum atomic E-state index is -1.71. The largest absolute Gasteiger partial charge is 0.497 e. The maximum Gasteiger partial charge on any atom is 0.231 e. The Kier molecular flexibility index (Phi) is 6.08. The Labute approximate surface area is 178 Å². The van der Waals surface area contributed by atoms with Gasteiger partial charge in [0, 0.05) is 11.6 Å². The van der Waals surface area contributed by atoms with Crippen LogP contribution in [-0.4, -0.2) is 32.2 Å². The quantitative estimate of drug-likeness (QED) is 0.556. The summed E-state index contributed by atoms with van der Waals surface area (Å²) in [7, 11) is 6.25. The maximum absolute atomic E-state index is 6.24. The summed E-state index contributed by atoms with van der Waals surface area (Å²) in [6, 6.07) is 8.95. The number of alkyl halides is 3. The minimum Gasteiger partial charge on any atom is -0.497 e. The van der Waals surface area contributed by atoms with Crippen LogP contribution in [0.4, 0.5) is 0 Å². The lowest BCUT2D eigenvalue weighted by Crippen LogP contribution is -2.23. The zero-order valence-electron chi connectivity index (χ0n) is 15.7. The van der Waals surface area contributed by atoms with Gasteiger partial charge >= 0.3 is 0 Å². The number of benzene rings is 2. The second-order valence-electron chi connectivity index (χ2n) is 5.95. The fourth-order valence-corrected chi connectivity index (χ4v) is 3.50. The molecule has 0 unspecified atom stereocenters. The zero-order chi connectivity index (χ0) is 20.5. The van der Waals surface area contributed by atoms with Gasteiger partial charge in [-0.25, -0.2) is 0 Å². The molecule has 150 valence electrons. The van der Waals surface area contributed by atoms with Gasteiger partial charge in [-0.3, -0.25) is 0 Å². The molecule has 0 saturated carbocycles. The molecule has 1 atom stereocenters. The first kappa shape index (κ1) is 20.8. The summed E-state index contributed by atoms with van der Waals surface area (Å²) in [5, 5.41) is 0. The van der Waals surface area contributed by atoms with Crippen LogP contribution in [0.15, 0.2) is 30.3 Å². The molecule has 1 aliphatic heterocycles. The molecule has 0 fully saturated rings. The molecule has 0 saturated heterocycles. The third kappa shape index (κ3) is 3.93. The van der Waals surface area contributed by atoms with Crippen LogP contribution < -0.4 is 18.9 Å². The van der Waals surface area contributed by atoms with Gasteiger partial charge < -0.3 is 23.7 Å². The van der Waals surface area contributed by atoms with Crippen LogP contribution in [0.25, 0.3) is 11.8 Å². The molecule has 8 heteroatoms. The van der Waals surface area contributed by atoms with Crippen molar-refractivity contribution >= 4 is 46.6 Å². The van der Waals surface area contributed by atoms with Crippen LogP contribution in [0, 0.1) is 0 Å². The fourth-order valence-electron chi connectivity index (χ4n) is 3.01. The molecule has 3 rings (SSSR count). The summed E-state index contributed by atoms with van der Waals surface area (Å²) in [5.41, 5.74) is 2.16. The van der Waals surface area contributed by atoms with Crippen LogP contribution in [-0.2, 0) is 4.74 Å². The fraction of sp³-hybridized carbons (Fsp3) is 0.300. The molecule has 2 aromatic rings. The van der Waals surface area contributed by atoms with Crippen molar-refractivity contribution in [1.29, 1.82) is 0 Å². The van der Waals surface area contributed by atoms with Crippen LogP contribution in [0.5, 0.6) is 23.0 Å². The number of hydrogen-bond acceptors (Lipinski definition) is 5. The summed E-state index contributed by atoms with van der Waals surface area (Å²) in [5.74, 6) is 2.79. The minimum absolute atomic E-state index is 0.496. The van der Waals surface area contributed by atoms with Gasteiger partial charge in [0.2, 0.25) is 3.79 Å². The van der Waals surface area contributed by atoms with Crippen molar-refractivity contribution in [3.63, 3.8) is 0 Å². The van der Waals surface area contributed by atoms with E-state index in [4.69, 9.17) is 58.5 Å². The monoisotopic (exact) mass is 444 g/mol. The van der Waals surface area contributed by atoms with E-state index in [1.165, 1.54) is 0 Å². The van der Waals surface area contributed by atoms with Crippen molar-refractivity contribution in [1.82, 2.24) is 0 Å². The van der Waals surface area contributed by atoms with Gasteiger partial charge in [0.05, 0.1) is 34.0 Å². The SMILES string of the molecule is COc1ccc(C2=Cc3cc(OC)c(OC)cc3[C@H](C(Cl)(Cl)Cl)O2)c(OC)c1. The Balaban J connectivity index is 2.19. The van der Waals surface area contributed by atoms with Crippen molar-refractivity contribution in [2.45, 2.75) is 9.90 Å². The Hall–Kier alpha value is -1.95. The summed E-state index contributed by atoms with van der Waals surface area (Å²) in [6.45, 7) is 0. The number of rotatable bonds is 5. The van der Waals surface area contributed by atoms with E-state index in [2.05, 4.69) is 0 Å². The average Bonchev–Trinajstić information content (AvgIpc) is 2.70. The summed E-state index contributed by atoms with van der Waals surface area (Å²) >= 11 is 18.7. The van der Waals surface area contributed by atoms with E-state index in [0.717, 1.165) is 5.56 Å². The third-order valence-electron chi connectivity index (χ3n) is 4.37. The van der Waals surface area contributed by atoms with E-state index < -0.39 is 9.90 Å². The summed E-state index contributed by atoms with van der Waals surface area (Å²) in [6.07, 6.45) is 0.980. The zero-order valence-corrected chi connectivity index (χ0v) is 18.0. The highest BCUT2D eigenvalue weighted by Gasteiger charge is 2.41. The molecule has 0 N–H and O–H groups in total. The highest BCUT2D eigenvalue weighted by Crippen LogP contribution is 2.51. The lowest BCUT2D eigenvalue weighted by atomic mass is 9.96. The van der Waals surface area contributed by atoms with E-state index in [1.807, 2.05) is 18.2 Å². The Morgan fingerprint density at radius 3 is 2.04 bits per heavy atom. The molecule has 0 bridgehead atoms. The number of hydrogen-bond donors (Lipinski definition) is 0. The van der Waals surface area contributed by atoms with Crippen LogP contribution >= 0.6 is 34.8 Å². The number of ether oxygens (including phenoxy) is 5. The van der Waals surface area contributed by atoms with Crippen molar-refractivity contribution in [3.8, 4) is 23.0 Å². The average molecular weight is 446 g/mol. The lowest BCUT2D eigenvalue weighted by Gasteiger charge is -2.32. The Morgan fingerprint density at radius 2 is 1.46 bits per heavy atom. The standard InChI is InChI=1S/C20H19Cl3O5/c1-24-12-5-6-13(15(9-12)25-2)16-7-11-8-17(26-3)18(27-4)10-14(11)19(28-16)20(21,22)23/h5-10,19H,1-4H3/t19-/m1/s1. The maximum atomic E-state index is 6.24. The predicted molar refractivity (Wildman–Crippen MR) is 111 cm³/mol. The molecule has 0 amide bonds. The van der Waals surface area contributed by atoms with Gasteiger partial charge in [0.25, 0.3) is 0 Å². The van der Waals surface area contributed by atoms with E-state index in [0.29, 0.717) is 39.9 Å². The van der Waals surface area contributed by atoms with Crippen molar-refractivity contribution in [3.05, 3.63) is 47.0 Å². The molecule has 1 heterocycles. The van der Waals surface area contributed by atoms with Gasteiger partial charge in [0.1, 0.15) is 17.3 Å². The van der Waals surface area contributed by atoms with E-state index in [9.17, 15) is 0 Å². The summed E-state index contributed by atoms with van der Waals surface area (Å²) in [4.78, 5) is 0. The van der Waals surface area contributed by atoms with Crippen LogP contribution in [0.1, 0.15) is 22.8 Å². The topological polar surface area (TPSA) is 46.2 Å². The van der Waals surface area contributed by atoms with Gasteiger partial charge in [-0.15, -0.1) is 0 Å². The summed E-state index contributed by atoms with van der Waals surface area (Å²) < 4.78 is 25.9. The van der Waals surface area contributed by atoms with Gasteiger partial charge in [-0.2, -0.15) is 0 Å². The third-order valence-corrected chi connectivity index (χ3v) is 4.97. The van der Waals surface area contributed by atoms with Crippen molar-refractivity contribution in [2.75, 3.05) is 28.4 Å². The first-order valence-corrected chi connectivity index (χ1v) is 9.39. The first-order chi connectivity index (χ1) is 13.3. The molecule has 0 aromatic heterocycles. The van der Waals surface area contributed by atoms with Crippen molar-refractivity contribution in [2.24, 2.45) is 0 Å². The molecule has 5 nitrogen and oxygen atoms in total. The van der Waals surface area contributed by atoms with Gasteiger partial charge in [0.15, 0.2) is 17.6 Å². The normalized spacial score (nSPS) is 15.8. The van der Waals surface area contributed by atoms with E-state index in [-0.39, 0.29) is 0 Å². The molecular weight excluding hydrogens is 427 g/mol. The predicted octanol–water partition coefficient (Wildman–Crippen LogP) is 5.66. The Bertz CT molecular complexity index is 905. The highest BCUT2D eigenvalue weighted by atomic mass is 35.6. The molecule has 2 aromatic carbocycles. The van der Waals surface area contributed by atoms with E-state index >= 15 is 0 Å². The molecule has 28 heavy (non-hydrogen) atoms.